The van der Waals surface area contributed by atoms with Crippen molar-refractivity contribution >= 4 is 0 Å². The second-order valence-electron chi connectivity index (χ2n) is 12.8. The van der Waals surface area contributed by atoms with Crippen LogP contribution < -0.4 is 0 Å². The van der Waals surface area contributed by atoms with Gasteiger partial charge in [-0.25, -0.2) is 0 Å². The van der Waals surface area contributed by atoms with E-state index in [0.717, 1.165) is 32.3 Å². The highest BCUT2D eigenvalue weighted by Gasteiger charge is 2.69. The molecule has 0 unspecified atom stereocenters. The van der Waals surface area contributed by atoms with Gasteiger partial charge in [0.25, 0.3) is 0 Å². The zero-order valence-electron chi connectivity index (χ0n) is 19.8. The molecule has 4 aliphatic carbocycles. The molecule has 12 atom stereocenters. The van der Waals surface area contributed by atoms with Gasteiger partial charge >= 0.3 is 0 Å². The van der Waals surface area contributed by atoms with Crippen molar-refractivity contribution in [3.05, 3.63) is 11.6 Å². The van der Waals surface area contributed by atoms with E-state index in [0.29, 0.717) is 53.4 Å². The van der Waals surface area contributed by atoms with Crippen LogP contribution in [0.5, 0.6) is 0 Å². The molecule has 1 spiro atoms. The number of ether oxygens (including phenoxy) is 2. The zero-order chi connectivity index (χ0) is 21.8. The Balaban J connectivity index is 1.29. The van der Waals surface area contributed by atoms with Gasteiger partial charge in [0, 0.05) is 24.2 Å². The number of aliphatic hydroxyl groups is 2. The largest absolute Gasteiger partial charge is 0.393 e. The number of hydrogen-bond acceptors (Lipinski definition) is 4. The first-order valence-electron chi connectivity index (χ1n) is 13.1. The maximum Gasteiger partial charge on any atom is 0.171 e. The van der Waals surface area contributed by atoms with E-state index in [-0.39, 0.29) is 17.3 Å². The molecule has 2 heterocycles. The van der Waals surface area contributed by atoms with E-state index in [1.165, 1.54) is 24.8 Å². The van der Waals surface area contributed by atoms with E-state index in [9.17, 15) is 10.2 Å². The first kappa shape index (κ1) is 21.1. The van der Waals surface area contributed by atoms with Crippen LogP contribution in [0.2, 0.25) is 0 Å². The summed E-state index contributed by atoms with van der Waals surface area (Å²) in [6.45, 7) is 10.4. The van der Waals surface area contributed by atoms with Crippen LogP contribution in [0, 0.1) is 46.3 Å². The van der Waals surface area contributed by atoms with Gasteiger partial charge in [-0.3, -0.25) is 0 Å². The summed E-state index contributed by atoms with van der Waals surface area (Å²) in [5, 5.41) is 21.4. The highest BCUT2D eigenvalue weighted by molar-refractivity contribution is 5.28. The summed E-state index contributed by atoms with van der Waals surface area (Å²) in [7, 11) is 0. The van der Waals surface area contributed by atoms with Gasteiger partial charge in [0.05, 0.1) is 24.9 Å². The second-order valence-corrected chi connectivity index (χ2v) is 12.8. The van der Waals surface area contributed by atoms with Crippen LogP contribution in [0.3, 0.4) is 0 Å². The van der Waals surface area contributed by atoms with Crippen molar-refractivity contribution in [2.75, 3.05) is 6.61 Å². The molecule has 0 aromatic rings. The minimum atomic E-state index is -0.420. The lowest BCUT2D eigenvalue weighted by Crippen LogP contribution is -2.56. The van der Waals surface area contributed by atoms with Crippen LogP contribution >= 0.6 is 0 Å². The first-order valence-corrected chi connectivity index (χ1v) is 13.1. The topological polar surface area (TPSA) is 58.9 Å². The molecule has 6 rings (SSSR count). The van der Waals surface area contributed by atoms with Gasteiger partial charge in [0.15, 0.2) is 5.79 Å². The van der Waals surface area contributed by atoms with Gasteiger partial charge in [-0.1, -0.05) is 39.3 Å². The lowest BCUT2D eigenvalue weighted by atomic mass is 9.46. The molecule has 4 nitrogen and oxygen atoms in total. The van der Waals surface area contributed by atoms with Gasteiger partial charge in [-0.15, -0.1) is 0 Å². The molecule has 4 heteroatoms. The Morgan fingerprint density at radius 2 is 1.84 bits per heavy atom. The SMILES string of the molecule is C[C@@H]1CC[C@@]2(OC1)O[C@@H]1C[C@@H]3[C@@H]4CC=C5C[C@@H](O)C[C@@H](O)[C@]5(C)[C@H]4CC[C@]3(C)[C@@H]1[C@@H]2C. The number of allylic oxidation sites excluding steroid dienone is 1. The van der Waals surface area contributed by atoms with E-state index in [1.807, 2.05) is 0 Å². The van der Waals surface area contributed by atoms with Crippen molar-refractivity contribution in [3.8, 4) is 0 Å². The van der Waals surface area contributed by atoms with Crippen LogP contribution in [-0.4, -0.2) is 40.9 Å². The summed E-state index contributed by atoms with van der Waals surface area (Å²) in [6.07, 6.45) is 10.2. The van der Waals surface area contributed by atoms with Crippen LogP contribution in [0.25, 0.3) is 0 Å². The Morgan fingerprint density at radius 1 is 1.03 bits per heavy atom. The number of rotatable bonds is 0. The molecule has 0 bridgehead atoms. The highest BCUT2D eigenvalue weighted by atomic mass is 16.7. The molecule has 6 aliphatic rings. The maximum absolute atomic E-state index is 11.1. The molecule has 3 saturated carbocycles. The minimum absolute atomic E-state index is 0.155. The first-order chi connectivity index (χ1) is 14.7. The summed E-state index contributed by atoms with van der Waals surface area (Å²) < 4.78 is 13.3. The van der Waals surface area contributed by atoms with Gasteiger partial charge in [-0.2, -0.15) is 0 Å². The standard InChI is InChI=1S/C27H42O4/c1-15-7-10-27(30-14-15)16(2)24-22(31-27)13-21-19-6-5-17-11-18(28)12-23(29)26(17,4)20(19)8-9-25(21,24)3/h5,15-16,18-24,28-29H,6-14H2,1-4H3/t15-,16+,18-,19-,20+,21-,22-,23-,24-,25+,26+,27-/m1/s1. The molecule has 31 heavy (non-hydrogen) atoms. The van der Waals surface area contributed by atoms with Crippen molar-refractivity contribution in [1.82, 2.24) is 0 Å². The minimum Gasteiger partial charge on any atom is -0.393 e. The lowest BCUT2D eigenvalue weighted by Gasteiger charge is -2.59. The van der Waals surface area contributed by atoms with Gasteiger partial charge < -0.3 is 19.7 Å². The van der Waals surface area contributed by atoms with Crippen molar-refractivity contribution in [3.63, 3.8) is 0 Å². The fourth-order valence-electron chi connectivity index (χ4n) is 9.72. The quantitative estimate of drug-likeness (QED) is 0.548. The predicted octanol–water partition coefficient (Wildman–Crippen LogP) is 4.68. The Morgan fingerprint density at radius 3 is 2.58 bits per heavy atom. The Kier molecular flexibility index (Phi) is 4.64. The average Bonchev–Trinajstić information content (AvgIpc) is 3.16. The molecule has 2 aliphatic heterocycles. The molecular formula is C27H42O4. The van der Waals surface area contributed by atoms with Crippen LogP contribution in [0.4, 0.5) is 0 Å². The summed E-state index contributed by atoms with van der Waals surface area (Å²) in [4.78, 5) is 0. The number of hydrogen-bond donors (Lipinski definition) is 2. The average molecular weight is 431 g/mol. The summed E-state index contributed by atoms with van der Waals surface area (Å²) >= 11 is 0. The molecule has 174 valence electrons. The predicted molar refractivity (Wildman–Crippen MR) is 119 cm³/mol. The molecular weight excluding hydrogens is 388 g/mol. The fraction of sp³-hybridized carbons (Fsp3) is 0.926. The van der Waals surface area contributed by atoms with Crippen molar-refractivity contribution in [1.29, 1.82) is 0 Å². The van der Waals surface area contributed by atoms with Crippen molar-refractivity contribution < 1.29 is 19.7 Å². The molecule has 0 aromatic carbocycles. The normalized spacial score (nSPS) is 60.7. The van der Waals surface area contributed by atoms with Crippen molar-refractivity contribution in [2.45, 2.75) is 103 Å². The van der Waals surface area contributed by atoms with E-state index < -0.39 is 6.10 Å². The smallest absolute Gasteiger partial charge is 0.171 e. The number of fused-ring (bicyclic) bond motifs is 7. The fourth-order valence-corrected chi connectivity index (χ4v) is 9.72. The molecule has 0 amide bonds. The molecule has 0 aromatic heterocycles. The Bertz CT molecular complexity index is 769. The van der Waals surface area contributed by atoms with Crippen molar-refractivity contribution in [2.24, 2.45) is 46.3 Å². The van der Waals surface area contributed by atoms with E-state index in [1.54, 1.807) is 0 Å². The third kappa shape index (κ3) is 2.68. The van der Waals surface area contributed by atoms with E-state index in [2.05, 4.69) is 33.8 Å². The molecule has 2 N–H and O–H groups in total. The summed E-state index contributed by atoms with van der Waals surface area (Å²) in [5.74, 6) is 3.17. The number of aliphatic hydroxyl groups excluding tert-OH is 2. The second kappa shape index (κ2) is 6.81. The van der Waals surface area contributed by atoms with Gasteiger partial charge in [0.1, 0.15) is 0 Å². The highest BCUT2D eigenvalue weighted by Crippen LogP contribution is 2.70. The Hall–Kier alpha value is -0.420. The van der Waals surface area contributed by atoms with Crippen LogP contribution in [0.15, 0.2) is 11.6 Å². The third-order valence-electron chi connectivity index (χ3n) is 11.4. The molecule has 5 fully saturated rings. The summed E-state index contributed by atoms with van der Waals surface area (Å²) in [5.41, 5.74) is 1.48. The molecule has 2 saturated heterocycles. The zero-order valence-corrected chi connectivity index (χ0v) is 19.8. The third-order valence-corrected chi connectivity index (χ3v) is 11.4. The summed E-state index contributed by atoms with van der Waals surface area (Å²) in [6, 6.07) is 0. The Labute approximate surface area is 187 Å². The van der Waals surface area contributed by atoms with E-state index >= 15 is 0 Å². The molecule has 0 radical (unpaired) electrons. The van der Waals surface area contributed by atoms with Crippen LogP contribution in [-0.2, 0) is 9.47 Å². The van der Waals surface area contributed by atoms with E-state index in [4.69, 9.17) is 9.47 Å². The van der Waals surface area contributed by atoms with Gasteiger partial charge in [-0.05, 0) is 73.5 Å². The van der Waals surface area contributed by atoms with Crippen LogP contribution in [0.1, 0.15) is 79.1 Å². The monoisotopic (exact) mass is 430 g/mol. The maximum atomic E-state index is 11.1. The lowest BCUT2D eigenvalue weighted by molar-refractivity contribution is -0.272. The van der Waals surface area contributed by atoms with Gasteiger partial charge in [0.2, 0.25) is 0 Å².